The first-order valence-corrected chi connectivity index (χ1v) is 5.90. The van der Waals surface area contributed by atoms with E-state index in [2.05, 4.69) is 25.3 Å². The van der Waals surface area contributed by atoms with Crippen molar-refractivity contribution in [2.75, 3.05) is 0 Å². The van der Waals surface area contributed by atoms with Gasteiger partial charge in [0.25, 0.3) is 0 Å². The van der Waals surface area contributed by atoms with Crippen LogP contribution >= 0.6 is 0 Å². The van der Waals surface area contributed by atoms with E-state index in [1.807, 2.05) is 38.1 Å². The van der Waals surface area contributed by atoms with Gasteiger partial charge in [-0.25, -0.2) is 5.43 Å². The summed E-state index contributed by atoms with van der Waals surface area (Å²) in [6.45, 7) is 8.14. The standard InChI is InChI=1S/C14H22N2O/c1-10(2)8-14(16-15)12-6-5-7-13(9-12)17-11(3)4/h5-9,11,14,16H,15H2,1-4H3. The molecule has 1 aromatic rings. The van der Waals surface area contributed by atoms with E-state index in [9.17, 15) is 0 Å². The van der Waals surface area contributed by atoms with Crippen LogP contribution in [-0.2, 0) is 0 Å². The predicted octanol–water partition coefficient (Wildman–Crippen LogP) is 2.94. The van der Waals surface area contributed by atoms with Gasteiger partial charge in [0.05, 0.1) is 12.1 Å². The van der Waals surface area contributed by atoms with Gasteiger partial charge in [-0.3, -0.25) is 5.84 Å². The molecule has 94 valence electrons. The molecular weight excluding hydrogens is 212 g/mol. The number of hydrazine groups is 1. The molecule has 0 saturated carbocycles. The van der Waals surface area contributed by atoms with E-state index < -0.39 is 0 Å². The summed E-state index contributed by atoms with van der Waals surface area (Å²) in [4.78, 5) is 0. The second kappa shape index (κ2) is 6.42. The highest BCUT2D eigenvalue weighted by atomic mass is 16.5. The molecule has 3 N–H and O–H groups in total. The third-order valence-electron chi connectivity index (χ3n) is 2.27. The molecule has 0 radical (unpaired) electrons. The Kier molecular flexibility index (Phi) is 5.19. The van der Waals surface area contributed by atoms with Crippen molar-refractivity contribution < 1.29 is 4.74 Å². The maximum Gasteiger partial charge on any atom is 0.120 e. The van der Waals surface area contributed by atoms with Crippen LogP contribution in [0.4, 0.5) is 0 Å². The predicted molar refractivity (Wildman–Crippen MR) is 71.7 cm³/mol. The Hall–Kier alpha value is -1.32. The van der Waals surface area contributed by atoms with Crippen molar-refractivity contribution in [3.05, 3.63) is 41.5 Å². The number of nitrogens with two attached hydrogens (primary N) is 1. The van der Waals surface area contributed by atoms with Crippen LogP contribution in [0, 0.1) is 0 Å². The first kappa shape index (κ1) is 13.7. The van der Waals surface area contributed by atoms with Gasteiger partial charge in [0.15, 0.2) is 0 Å². The molecule has 1 aromatic carbocycles. The fraction of sp³-hybridized carbons (Fsp3) is 0.429. The maximum atomic E-state index is 5.67. The molecule has 1 atom stereocenters. The van der Waals surface area contributed by atoms with Crippen LogP contribution in [0.2, 0.25) is 0 Å². The van der Waals surface area contributed by atoms with E-state index in [0.29, 0.717) is 0 Å². The number of hydrogen-bond acceptors (Lipinski definition) is 3. The summed E-state index contributed by atoms with van der Waals surface area (Å²) < 4.78 is 5.67. The molecule has 17 heavy (non-hydrogen) atoms. The average molecular weight is 234 g/mol. The summed E-state index contributed by atoms with van der Waals surface area (Å²) in [5.74, 6) is 6.44. The minimum atomic E-state index is 0.0238. The molecular formula is C14H22N2O. The van der Waals surface area contributed by atoms with Gasteiger partial charge in [-0.15, -0.1) is 0 Å². The van der Waals surface area contributed by atoms with Crippen LogP contribution in [0.1, 0.15) is 39.3 Å². The lowest BCUT2D eigenvalue weighted by Crippen LogP contribution is -2.26. The summed E-state index contributed by atoms with van der Waals surface area (Å²) >= 11 is 0. The molecule has 0 aromatic heterocycles. The Bertz CT molecular complexity index is 382. The van der Waals surface area contributed by atoms with Crippen LogP contribution in [0.15, 0.2) is 35.9 Å². The first-order chi connectivity index (χ1) is 8.02. The summed E-state index contributed by atoms with van der Waals surface area (Å²) in [5.41, 5.74) is 5.13. The highest BCUT2D eigenvalue weighted by Gasteiger charge is 2.07. The second-order valence-corrected chi connectivity index (χ2v) is 4.63. The van der Waals surface area contributed by atoms with Gasteiger partial charge < -0.3 is 4.74 Å². The number of nitrogens with one attached hydrogen (secondary N) is 1. The third-order valence-corrected chi connectivity index (χ3v) is 2.27. The molecule has 0 aliphatic carbocycles. The van der Waals surface area contributed by atoms with E-state index in [1.54, 1.807) is 0 Å². The molecule has 0 aliphatic rings. The van der Waals surface area contributed by atoms with Gasteiger partial charge in [0.1, 0.15) is 5.75 Å². The molecule has 0 bridgehead atoms. The van der Waals surface area contributed by atoms with Crippen molar-refractivity contribution in [1.29, 1.82) is 0 Å². The zero-order valence-corrected chi connectivity index (χ0v) is 11.0. The fourth-order valence-electron chi connectivity index (χ4n) is 1.63. The first-order valence-electron chi connectivity index (χ1n) is 5.90. The van der Waals surface area contributed by atoms with E-state index in [4.69, 9.17) is 10.6 Å². The highest BCUT2D eigenvalue weighted by molar-refractivity contribution is 5.33. The van der Waals surface area contributed by atoms with Crippen LogP contribution in [0.25, 0.3) is 0 Å². The van der Waals surface area contributed by atoms with Crippen molar-refractivity contribution in [2.24, 2.45) is 5.84 Å². The van der Waals surface area contributed by atoms with Crippen molar-refractivity contribution in [1.82, 2.24) is 5.43 Å². The van der Waals surface area contributed by atoms with Gasteiger partial charge in [-0.2, -0.15) is 0 Å². The maximum absolute atomic E-state index is 5.67. The number of rotatable bonds is 5. The van der Waals surface area contributed by atoms with Crippen molar-refractivity contribution in [3.8, 4) is 5.75 Å². The molecule has 1 rings (SSSR count). The van der Waals surface area contributed by atoms with E-state index >= 15 is 0 Å². The monoisotopic (exact) mass is 234 g/mol. The Morgan fingerprint density at radius 3 is 2.59 bits per heavy atom. The van der Waals surface area contributed by atoms with Crippen LogP contribution in [0.3, 0.4) is 0 Å². The van der Waals surface area contributed by atoms with Crippen LogP contribution < -0.4 is 16.0 Å². The lowest BCUT2D eigenvalue weighted by molar-refractivity contribution is 0.242. The number of ether oxygens (including phenoxy) is 1. The van der Waals surface area contributed by atoms with Crippen LogP contribution in [0.5, 0.6) is 5.75 Å². The quantitative estimate of drug-likeness (QED) is 0.468. The molecule has 0 spiro atoms. The molecule has 3 heteroatoms. The summed E-state index contributed by atoms with van der Waals surface area (Å²) in [6.07, 6.45) is 2.27. The average Bonchev–Trinajstić information content (AvgIpc) is 2.25. The molecule has 3 nitrogen and oxygen atoms in total. The topological polar surface area (TPSA) is 47.3 Å². The van der Waals surface area contributed by atoms with Gasteiger partial charge in [-0.1, -0.05) is 23.8 Å². The van der Waals surface area contributed by atoms with E-state index in [0.717, 1.165) is 11.3 Å². The Labute approximate surface area is 104 Å². The zero-order valence-electron chi connectivity index (χ0n) is 11.0. The Morgan fingerprint density at radius 2 is 2.06 bits per heavy atom. The van der Waals surface area contributed by atoms with Crippen LogP contribution in [-0.4, -0.2) is 6.10 Å². The highest BCUT2D eigenvalue weighted by Crippen LogP contribution is 2.21. The molecule has 0 fully saturated rings. The van der Waals surface area contributed by atoms with E-state index in [1.165, 1.54) is 5.57 Å². The van der Waals surface area contributed by atoms with Gasteiger partial charge in [-0.05, 0) is 45.4 Å². The minimum absolute atomic E-state index is 0.0238. The second-order valence-electron chi connectivity index (χ2n) is 4.63. The fourth-order valence-corrected chi connectivity index (χ4v) is 1.63. The van der Waals surface area contributed by atoms with E-state index in [-0.39, 0.29) is 12.1 Å². The van der Waals surface area contributed by atoms with Crippen molar-refractivity contribution >= 4 is 0 Å². The van der Waals surface area contributed by atoms with Gasteiger partial charge in [0.2, 0.25) is 0 Å². The summed E-state index contributed by atoms with van der Waals surface area (Å²) in [7, 11) is 0. The Balaban J connectivity index is 2.92. The zero-order chi connectivity index (χ0) is 12.8. The molecule has 1 unspecified atom stereocenters. The molecule has 0 amide bonds. The number of benzene rings is 1. The van der Waals surface area contributed by atoms with Gasteiger partial charge in [0, 0.05) is 0 Å². The number of hydrogen-bond donors (Lipinski definition) is 2. The smallest absolute Gasteiger partial charge is 0.120 e. The molecule has 0 aliphatic heterocycles. The SMILES string of the molecule is CC(C)=CC(NN)c1cccc(OC(C)C)c1. The van der Waals surface area contributed by atoms with Crippen molar-refractivity contribution in [3.63, 3.8) is 0 Å². The molecule has 0 heterocycles. The summed E-state index contributed by atoms with van der Waals surface area (Å²) in [6, 6.07) is 8.02. The lowest BCUT2D eigenvalue weighted by Gasteiger charge is -2.15. The summed E-state index contributed by atoms with van der Waals surface area (Å²) in [5, 5.41) is 0. The largest absolute Gasteiger partial charge is 0.491 e. The number of allylic oxidation sites excluding steroid dienone is 1. The van der Waals surface area contributed by atoms with Gasteiger partial charge >= 0.3 is 0 Å². The van der Waals surface area contributed by atoms with Crippen molar-refractivity contribution in [2.45, 2.75) is 39.8 Å². The lowest BCUT2D eigenvalue weighted by atomic mass is 10.0. The Morgan fingerprint density at radius 1 is 1.35 bits per heavy atom. The normalized spacial score (nSPS) is 12.4. The minimum Gasteiger partial charge on any atom is -0.491 e. The third kappa shape index (κ3) is 4.59. The molecule has 0 saturated heterocycles.